The van der Waals surface area contributed by atoms with Gasteiger partial charge in [0.15, 0.2) is 0 Å². The normalized spacial score (nSPS) is 10.8. The fraction of sp³-hybridized carbons (Fsp3) is 0.308. The van der Waals surface area contributed by atoms with Crippen LogP contribution in [0.1, 0.15) is 18.4 Å². The molecule has 96 valence electrons. The molecule has 0 amide bonds. The van der Waals surface area contributed by atoms with Gasteiger partial charge in [-0.15, -0.1) is 11.3 Å². The fourth-order valence-electron chi connectivity index (χ4n) is 1.59. The van der Waals surface area contributed by atoms with Gasteiger partial charge in [0.1, 0.15) is 10.8 Å². The summed E-state index contributed by atoms with van der Waals surface area (Å²) in [4.78, 5) is 4.49. The molecule has 0 saturated carbocycles. The highest BCUT2D eigenvalue weighted by molar-refractivity contribution is 7.09. The van der Waals surface area contributed by atoms with E-state index in [2.05, 4.69) is 17.2 Å². The minimum atomic E-state index is -0.330. The molecule has 18 heavy (non-hydrogen) atoms. The molecule has 2 rings (SSSR count). The Kier molecular flexibility index (Phi) is 4.69. The second-order valence-electron chi connectivity index (χ2n) is 3.93. The lowest BCUT2D eigenvalue weighted by atomic mass is 10.2. The number of rotatable bonds is 5. The molecule has 0 spiro atoms. The maximum atomic E-state index is 13.0. The lowest BCUT2D eigenvalue weighted by molar-refractivity contribution is 0.628. The highest BCUT2D eigenvalue weighted by Gasteiger charge is 2.08. The van der Waals surface area contributed by atoms with Gasteiger partial charge in [-0.1, -0.05) is 18.5 Å². The smallest absolute Gasteiger partial charge is 0.124 e. The zero-order valence-electron chi connectivity index (χ0n) is 10.0. The van der Waals surface area contributed by atoms with E-state index in [1.807, 2.05) is 5.38 Å². The molecule has 0 atom stereocenters. The van der Waals surface area contributed by atoms with Crippen molar-refractivity contribution >= 4 is 22.9 Å². The third kappa shape index (κ3) is 3.28. The van der Waals surface area contributed by atoms with Gasteiger partial charge in [0.2, 0.25) is 0 Å². The molecule has 0 unspecified atom stereocenters. The van der Waals surface area contributed by atoms with E-state index >= 15 is 0 Å². The topological polar surface area (TPSA) is 24.9 Å². The molecule has 1 aromatic heterocycles. The van der Waals surface area contributed by atoms with Gasteiger partial charge in [0.05, 0.1) is 10.7 Å². The van der Waals surface area contributed by atoms with Crippen molar-refractivity contribution in [2.45, 2.75) is 19.9 Å². The van der Waals surface area contributed by atoms with E-state index in [0.29, 0.717) is 5.02 Å². The summed E-state index contributed by atoms with van der Waals surface area (Å²) < 4.78 is 13.0. The van der Waals surface area contributed by atoms with E-state index < -0.39 is 0 Å². The summed E-state index contributed by atoms with van der Waals surface area (Å²) in [7, 11) is 0. The highest BCUT2D eigenvalue weighted by Crippen LogP contribution is 2.29. The Balaban J connectivity index is 2.13. The van der Waals surface area contributed by atoms with Crippen LogP contribution in [0.25, 0.3) is 11.3 Å². The molecular weight excluding hydrogens is 271 g/mol. The summed E-state index contributed by atoms with van der Waals surface area (Å²) in [5.74, 6) is -0.330. The van der Waals surface area contributed by atoms with E-state index in [1.54, 1.807) is 17.4 Å². The van der Waals surface area contributed by atoms with Crippen molar-refractivity contribution in [3.63, 3.8) is 0 Å². The average Bonchev–Trinajstić information content (AvgIpc) is 2.78. The van der Waals surface area contributed by atoms with Crippen LogP contribution < -0.4 is 5.32 Å². The Hall–Kier alpha value is -0.970. The summed E-state index contributed by atoms with van der Waals surface area (Å²) in [5.41, 5.74) is 1.58. The Morgan fingerprint density at radius 3 is 3.00 bits per heavy atom. The first-order valence-corrected chi connectivity index (χ1v) is 7.07. The molecule has 0 aliphatic carbocycles. The van der Waals surface area contributed by atoms with E-state index in [9.17, 15) is 4.39 Å². The molecule has 2 aromatic rings. The summed E-state index contributed by atoms with van der Waals surface area (Å²) in [6, 6.07) is 4.37. The highest BCUT2D eigenvalue weighted by atomic mass is 35.5. The van der Waals surface area contributed by atoms with Crippen LogP contribution in [0.4, 0.5) is 4.39 Å². The number of nitrogens with zero attached hydrogens (tertiary/aromatic N) is 1. The fourth-order valence-corrected chi connectivity index (χ4v) is 2.61. The van der Waals surface area contributed by atoms with Gasteiger partial charge >= 0.3 is 0 Å². The Morgan fingerprint density at radius 2 is 2.28 bits per heavy atom. The molecule has 0 fully saturated rings. The van der Waals surface area contributed by atoms with E-state index in [0.717, 1.165) is 35.8 Å². The van der Waals surface area contributed by atoms with Gasteiger partial charge in [0.25, 0.3) is 0 Å². The molecule has 2 nitrogen and oxygen atoms in total. The standard InChI is InChI=1S/C13H14ClFN2S/c1-2-5-16-7-13-17-12(8-18-13)10-4-3-9(15)6-11(10)14/h3-4,6,8,16H,2,5,7H2,1H3. The van der Waals surface area contributed by atoms with Gasteiger partial charge in [-0.2, -0.15) is 0 Å². The Labute approximate surface area is 115 Å². The molecule has 0 saturated heterocycles. The average molecular weight is 285 g/mol. The third-order valence-electron chi connectivity index (χ3n) is 2.46. The van der Waals surface area contributed by atoms with Crippen molar-refractivity contribution in [2.75, 3.05) is 6.54 Å². The lowest BCUT2D eigenvalue weighted by Crippen LogP contribution is -2.13. The molecule has 1 aromatic carbocycles. The SMILES string of the molecule is CCCNCc1nc(-c2ccc(F)cc2Cl)cs1. The van der Waals surface area contributed by atoms with Crippen LogP contribution in [0.3, 0.4) is 0 Å². The van der Waals surface area contributed by atoms with Crippen molar-refractivity contribution in [1.82, 2.24) is 10.3 Å². The third-order valence-corrected chi connectivity index (χ3v) is 3.62. The number of thiazole rings is 1. The predicted octanol–water partition coefficient (Wildman–Crippen LogP) is 4.10. The Bertz CT molecular complexity index is 527. The van der Waals surface area contributed by atoms with E-state index in [1.165, 1.54) is 12.1 Å². The van der Waals surface area contributed by atoms with Crippen LogP contribution in [0.2, 0.25) is 5.02 Å². The summed E-state index contributed by atoms with van der Waals surface area (Å²) >= 11 is 7.59. The first-order chi connectivity index (χ1) is 8.70. The minimum absolute atomic E-state index is 0.330. The number of hydrogen-bond acceptors (Lipinski definition) is 3. The number of aromatic nitrogens is 1. The molecular formula is C13H14ClFN2S. The Morgan fingerprint density at radius 1 is 1.44 bits per heavy atom. The van der Waals surface area contributed by atoms with Crippen LogP contribution in [0.15, 0.2) is 23.6 Å². The first kappa shape index (κ1) is 13.5. The maximum absolute atomic E-state index is 13.0. The minimum Gasteiger partial charge on any atom is -0.310 e. The van der Waals surface area contributed by atoms with Crippen LogP contribution in [-0.4, -0.2) is 11.5 Å². The van der Waals surface area contributed by atoms with Crippen LogP contribution in [0, 0.1) is 5.82 Å². The van der Waals surface area contributed by atoms with Crippen molar-refractivity contribution in [3.05, 3.63) is 39.4 Å². The molecule has 5 heteroatoms. The molecule has 1 N–H and O–H groups in total. The maximum Gasteiger partial charge on any atom is 0.124 e. The van der Waals surface area contributed by atoms with Gasteiger partial charge in [-0.25, -0.2) is 9.37 Å². The monoisotopic (exact) mass is 284 g/mol. The summed E-state index contributed by atoms with van der Waals surface area (Å²) in [5, 5.41) is 6.65. The second-order valence-corrected chi connectivity index (χ2v) is 5.28. The number of hydrogen-bond donors (Lipinski definition) is 1. The predicted molar refractivity (Wildman–Crippen MR) is 74.5 cm³/mol. The number of halogens is 2. The summed E-state index contributed by atoms with van der Waals surface area (Å²) in [6.07, 6.45) is 1.10. The molecule has 1 heterocycles. The van der Waals surface area contributed by atoms with E-state index in [-0.39, 0.29) is 5.82 Å². The van der Waals surface area contributed by atoms with Crippen molar-refractivity contribution in [2.24, 2.45) is 0 Å². The lowest BCUT2D eigenvalue weighted by Gasteiger charge is -2.01. The van der Waals surface area contributed by atoms with Crippen LogP contribution >= 0.6 is 22.9 Å². The van der Waals surface area contributed by atoms with Gasteiger partial charge in [-0.3, -0.25) is 0 Å². The van der Waals surface area contributed by atoms with Gasteiger partial charge in [-0.05, 0) is 31.2 Å². The molecule has 0 aliphatic heterocycles. The van der Waals surface area contributed by atoms with Gasteiger partial charge in [0, 0.05) is 17.5 Å². The zero-order chi connectivity index (χ0) is 13.0. The number of benzene rings is 1. The zero-order valence-corrected chi connectivity index (χ0v) is 11.6. The van der Waals surface area contributed by atoms with Crippen LogP contribution in [0.5, 0.6) is 0 Å². The van der Waals surface area contributed by atoms with Crippen molar-refractivity contribution in [1.29, 1.82) is 0 Å². The molecule has 0 aliphatic rings. The summed E-state index contributed by atoms with van der Waals surface area (Å²) in [6.45, 7) is 3.86. The molecule has 0 bridgehead atoms. The number of nitrogens with one attached hydrogen (secondary N) is 1. The van der Waals surface area contributed by atoms with Crippen molar-refractivity contribution in [3.8, 4) is 11.3 Å². The largest absolute Gasteiger partial charge is 0.310 e. The van der Waals surface area contributed by atoms with Crippen molar-refractivity contribution < 1.29 is 4.39 Å². The van der Waals surface area contributed by atoms with E-state index in [4.69, 9.17) is 11.6 Å². The quantitative estimate of drug-likeness (QED) is 0.836. The molecule has 0 radical (unpaired) electrons. The van der Waals surface area contributed by atoms with Crippen LogP contribution in [-0.2, 0) is 6.54 Å². The first-order valence-electron chi connectivity index (χ1n) is 5.81. The van der Waals surface area contributed by atoms with Gasteiger partial charge < -0.3 is 5.32 Å². The second kappa shape index (κ2) is 6.27.